The highest BCUT2D eigenvalue weighted by Crippen LogP contribution is 2.36. The second-order valence-electron chi connectivity index (χ2n) is 5.83. The molecule has 0 radical (unpaired) electrons. The zero-order valence-electron chi connectivity index (χ0n) is 12.8. The zero-order valence-corrected chi connectivity index (χ0v) is 12.8. The molecule has 0 aliphatic carbocycles. The van der Waals surface area contributed by atoms with Crippen LogP contribution >= 0.6 is 0 Å². The number of hydrogen-bond acceptors (Lipinski definition) is 4. The van der Waals surface area contributed by atoms with Crippen molar-refractivity contribution >= 4 is 13.2 Å². The SMILES string of the molecule is CCOc1ccnc(/C=C/B2OC(C)(C)C(C)(C)O2)c1. The summed E-state index contributed by atoms with van der Waals surface area (Å²) in [5.41, 5.74) is 0.191. The lowest BCUT2D eigenvalue weighted by atomic mass is 9.89. The molecule has 108 valence electrons. The molecule has 0 N–H and O–H groups in total. The summed E-state index contributed by atoms with van der Waals surface area (Å²) in [4.78, 5) is 4.28. The van der Waals surface area contributed by atoms with Crippen LogP contribution in [0.25, 0.3) is 6.08 Å². The fraction of sp³-hybridized carbons (Fsp3) is 0.533. The molecule has 4 nitrogen and oxygen atoms in total. The molecule has 1 fully saturated rings. The first-order valence-electron chi connectivity index (χ1n) is 6.97. The molecule has 0 atom stereocenters. The minimum atomic E-state index is -0.349. The van der Waals surface area contributed by atoms with Crippen molar-refractivity contribution in [3.05, 3.63) is 30.0 Å². The van der Waals surface area contributed by atoms with E-state index in [1.165, 1.54) is 0 Å². The highest BCUT2D eigenvalue weighted by atomic mass is 16.7. The lowest BCUT2D eigenvalue weighted by Crippen LogP contribution is -2.41. The Hall–Kier alpha value is -1.33. The van der Waals surface area contributed by atoms with Crippen molar-refractivity contribution in [2.24, 2.45) is 0 Å². The molecule has 20 heavy (non-hydrogen) atoms. The Balaban J connectivity index is 2.06. The quantitative estimate of drug-likeness (QED) is 0.791. The molecule has 0 unspecified atom stereocenters. The Kier molecular flexibility index (Phi) is 4.21. The van der Waals surface area contributed by atoms with Crippen molar-refractivity contribution in [1.82, 2.24) is 4.98 Å². The predicted octanol–water partition coefficient (Wildman–Crippen LogP) is 3.12. The molecule has 5 heteroatoms. The first kappa shape index (κ1) is 15.1. The van der Waals surface area contributed by atoms with Gasteiger partial charge in [0.15, 0.2) is 0 Å². The van der Waals surface area contributed by atoms with Crippen LogP contribution in [0, 0.1) is 0 Å². The fourth-order valence-corrected chi connectivity index (χ4v) is 1.92. The third-order valence-corrected chi connectivity index (χ3v) is 3.76. The Bertz CT molecular complexity index is 484. The molecule has 1 aliphatic heterocycles. The first-order chi connectivity index (χ1) is 9.34. The van der Waals surface area contributed by atoms with Crippen LogP contribution in [-0.4, -0.2) is 29.9 Å². The summed E-state index contributed by atoms with van der Waals surface area (Å²) in [5.74, 6) is 2.70. The van der Waals surface area contributed by atoms with Crippen molar-refractivity contribution in [3.63, 3.8) is 0 Å². The van der Waals surface area contributed by atoms with E-state index in [-0.39, 0.29) is 18.3 Å². The highest BCUT2D eigenvalue weighted by Gasteiger charge is 2.49. The number of ether oxygens (including phenoxy) is 1. The number of rotatable bonds is 4. The first-order valence-corrected chi connectivity index (χ1v) is 6.97. The van der Waals surface area contributed by atoms with Crippen molar-refractivity contribution in [2.45, 2.75) is 45.8 Å². The summed E-state index contributed by atoms with van der Waals surface area (Å²) in [6.07, 6.45) is 3.62. The van der Waals surface area contributed by atoms with Gasteiger partial charge < -0.3 is 14.0 Å². The van der Waals surface area contributed by atoms with E-state index in [4.69, 9.17) is 14.0 Å². The van der Waals surface area contributed by atoms with Crippen molar-refractivity contribution < 1.29 is 14.0 Å². The van der Waals surface area contributed by atoms with Gasteiger partial charge in [0.25, 0.3) is 0 Å². The molecular weight excluding hydrogens is 253 g/mol. The van der Waals surface area contributed by atoms with Gasteiger partial charge in [-0.05, 0) is 46.8 Å². The van der Waals surface area contributed by atoms with Gasteiger partial charge in [0.1, 0.15) is 5.75 Å². The number of hydrogen-bond donors (Lipinski definition) is 0. The third kappa shape index (κ3) is 3.22. The van der Waals surface area contributed by atoms with Gasteiger partial charge in [0, 0.05) is 12.3 Å². The maximum atomic E-state index is 5.90. The van der Waals surface area contributed by atoms with Gasteiger partial charge in [-0.25, -0.2) is 0 Å². The average Bonchev–Trinajstić information content (AvgIpc) is 2.56. The van der Waals surface area contributed by atoms with E-state index in [0.29, 0.717) is 6.61 Å². The molecule has 0 aromatic carbocycles. The van der Waals surface area contributed by atoms with Gasteiger partial charge in [-0.15, -0.1) is 0 Å². The van der Waals surface area contributed by atoms with Gasteiger partial charge >= 0.3 is 7.12 Å². The third-order valence-electron chi connectivity index (χ3n) is 3.76. The maximum Gasteiger partial charge on any atom is 0.487 e. The normalized spacial score (nSPS) is 20.6. The molecule has 1 aliphatic rings. The van der Waals surface area contributed by atoms with Crippen LogP contribution in [0.3, 0.4) is 0 Å². The second kappa shape index (κ2) is 5.58. The van der Waals surface area contributed by atoms with Gasteiger partial charge in [-0.1, -0.05) is 5.98 Å². The monoisotopic (exact) mass is 275 g/mol. The van der Waals surface area contributed by atoms with Gasteiger partial charge in [-0.2, -0.15) is 0 Å². The van der Waals surface area contributed by atoms with Crippen LogP contribution in [0.1, 0.15) is 40.3 Å². The smallest absolute Gasteiger partial charge is 0.487 e. The predicted molar refractivity (Wildman–Crippen MR) is 80.5 cm³/mol. The van der Waals surface area contributed by atoms with Crippen LogP contribution in [0.15, 0.2) is 24.3 Å². The summed E-state index contributed by atoms with van der Waals surface area (Å²) >= 11 is 0. The Morgan fingerprint density at radius 1 is 1.25 bits per heavy atom. The molecule has 2 heterocycles. The largest absolute Gasteiger partial charge is 0.494 e. The van der Waals surface area contributed by atoms with Crippen molar-refractivity contribution in [1.29, 1.82) is 0 Å². The summed E-state index contributed by atoms with van der Waals surface area (Å²) in [7, 11) is -0.349. The molecule has 0 spiro atoms. The van der Waals surface area contributed by atoms with Crippen LogP contribution in [-0.2, 0) is 9.31 Å². The van der Waals surface area contributed by atoms with E-state index >= 15 is 0 Å². The van der Waals surface area contributed by atoms with Crippen LogP contribution in [0.4, 0.5) is 0 Å². The van der Waals surface area contributed by atoms with E-state index in [1.54, 1.807) is 6.20 Å². The van der Waals surface area contributed by atoms with Crippen LogP contribution in [0.5, 0.6) is 5.75 Å². The van der Waals surface area contributed by atoms with E-state index in [2.05, 4.69) is 4.98 Å². The molecular formula is C15H22BNO3. The molecule has 0 bridgehead atoms. The fourth-order valence-electron chi connectivity index (χ4n) is 1.92. The Labute approximate surface area is 121 Å². The van der Waals surface area contributed by atoms with Gasteiger partial charge in [0.05, 0.1) is 23.5 Å². The van der Waals surface area contributed by atoms with E-state index in [9.17, 15) is 0 Å². The minimum absolute atomic E-state index is 0.317. The summed E-state index contributed by atoms with van der Waals surface area (Å²) < 4.78 is 17.2. The van der Waals surface area contributed by atoms with E-state index in [0.717, 1.165) is 11.4 Å². The maximum absolute atomic E-state index is 5.90. The molecule has 1 aromatic heterocycles. The summed E-state index contributed by atoms with van der Waals surface area (Å²) in [5, 5.41) is 0. The number of aromatic nitrogens is 1. The summed E-state index contributed by atoms with van der Waals surface area (Å²) in [6, 6.07) is 3.74. The van der Waals surface area contributed by atoms with Crippen LogP contribution in [0.2, 0.25) is 0 Å². The average molecular weight is 275 g/mol. The molecule has 2 rings (SSSR count). The van der Waals surface area contributed by atoms with Gasteiger partial charge in [-0.3, -0.25) is 4.98 Å². The zero-order chi connectivity index (χ0) is 14.8. The van der Waals surface area contributed by atoms with Crippen molar-refractivity contribution in [3.8, 4) is 5.75 Å². The second-order valence-corrected chi connectivity index (χ2v) is 5.83. The van der Waals surface area contributed by atoms with E-state index in [1.807, 2.05) is 58.8 Å². The van der Waals surface area contributed by atoms with Gasteiger partial charge in [0.2, 0.25) is 0 Å². The number of nitrogens with zero attached hydrogens (tertiary/aromatic N) is 1. The Morgan fingerprint density at radius 2 is 1.90 bits per heavy atom. The molecule has 0 amide bonds. The molecule has 1 saturated heterocycles. The lowest BCUT2D eigenvalue weighted by Gasteiger charge is -2.32. The lowest BCUT2D eigenvalue weighted by molar-refractivity contribution is 0.00578. The van der Waals surface area contributed by atoms with Crippen molar-refractivity contribution in [2.75, 3.05) is 6.61 Å². The Morgan fingerprint density at radius 3 is 2.50 bits per heavy atom. The topological polar surface area (TPSA) is 40.6 Å². The van der Waals surface area contributed by atoms with E-state index < -0.39 is 0 Å². The highest BCUT2D eigenvalue weighted by molar-refractivity contribution is 6.52. The van der Waals surface area contributed by atoms with Crippen LogP contribution < -0.4 is 4.74 Å². The number of pyridine rings is 1. The summed E-state index contributed by atoms with van der Waals surface area (Å²) in [6.45, 7) is 10.7. The molecule has 0 saturated carbocycles. The minimum Gasteiger partial charge on any atom is -0.494 e. The molecule has 1 aromatic rings. The standard InChI is InChI=1S/C15H22BNO3/c1-6-18-13-8-10-17-12(11-13)7-9-16-19-14(2,3)15(4,5)20-16/h7-11H,6H2,1-5H3/b9-7+.